The van der Waals surface area contributed by atoms with Crippen LogP contribution in [-0.4, -0.2) is 8.75 Å². The second-order valence-corrected chi connectivity index (χ2v) is 15.0. The lowest BCUT2D eigenvalue weighted by molar-refractivity contribution is 0.654. The Labute approximate surface area is 235 Å². The Balaban J connectivity index is 1.53. The fourth-order valence-corrected chi connectivity index (χ4v) is 10.7. The lowest BCUT2D eigenvalue weighted by atomic mass is 9.93. The van der Waals surface area contributed by atoms with Crippen molar-refractivity contribution in [1.29, 1.82) is 10.5 Å². The predicted molar refractivity (Wildman–Crippen MR) is 161 cm³/mol. The smallest absolute Gasteiger partial charge is 0.115 e. The monoisotopic (exact) mass is 574 g/mol. The molecule has 0 aliphatic heterocycles. The number of rotatable bonds is 6. The van der Waals surface area contributed by atoms with Crippen LogP contribution in [0, 0.1) is 34.5 Å². The molecule has 0 bridgehead atoms. The molecular formula is C28H22N4S5. The molecule has 6 rings (SSSR count). The van der Waals surface area contributed by atoms with E-state index in [9.17, 15) is 10.5 Å². The number of hydrogen-bond acceptors (Lipinski definition) is 9. The number of benzene rings is 1. The summed E-state index contributed by atoms with van der Waals surface area (Å²) in [4.78, 5) is 4.71. The second-order valence-electron chi connectivity index (χ2n) is 9.98. The van der Waals surface area contributed by atoms with Gasteiger partial charge in [-0.25, -0.2) is 0 Å². The van der Waals surface area contributed by atoms with E-state index < -0.39 is 0 Å². The van der Waals surface area contributed by atoms with Crippen LogP contribution in [0.5, 0.6) is 0 Å². The van der Waals surface area contributed by atoms with Crippen molar-refractivity contribution in [3.8, 4) is 33.0 Å². The number of nitriles is 2. The van der Waals surface area contributed by atoms with Crippen molar-refractivity contribution in [2.75, 3.05) is 0 Å². The third-order valence-corrected chi connectivity index (χ3v) is 11.4. The molecule has 0 spiro atoms. The fourth-order valence-electron chi connectivity index (χ4n) is 4.73. The van der Waals surface area contributed by atoms with Gasteiger partial charge in [0.2, 0.25) is 0 Å². The zero-order chi connectivity index (χ0) is 25.8. The highest BCUT2D eigenvalue weighted by Crippen LogP contribution is 2.48. The lowest BCUT2D eigenvalue weighted by Gasteiger charge is -2.10. The maximum absolute atomic E-state index is 10.3. The first-order valence-electron chi connectivity index (χ1n) is 12.0. The van der Waals surface area contributed by atoms with E-state index in [1.54, 1.807) is 22.7 Å². The van der Waals surface area contributed by atoms with E-state index in [4.69, 9.17) is 0 Å². The molecule has 0 saturated carbocycles. The molecule has 5 aromatic heterocycles. The lowest BCUT2D eigenvalue weighted by Crippen LogP contribution is -1.95. The van der Waals surface area contributed by atoms with Gasteiger partial charge in [0, 0.05) is 49.4 Å². The largest absolute Gasteiger partial charge is 0.192 e. The van der Waals surface area contributed by atoms with Crippen LogP contribution in [0.15, 0.2) is 24.3 Å². The Morgan fingerprint density at radius 2 is 1.05 bits per heavy atom. The van der Waals surface area contributed by atoms with Crippen molar-refractivity contribution >= 4 is 86.9 Å². The standard InChI is InChI=1S/C28H22N4S5/c1-13(2)5-15-7-19-21(33-15)9-23(35-19)25-17(11-29)18(12-30)26(28-27(25)31-37-32-28)24-10-22-20(36-24)8-16(34-22)6-14(3)4/h7-10,13-14H,5-6H2,1-4H3. The van der Waals surface area contributed by atoms with Gasteiger partial charge in [0.05, 0.1) is 22.9 Å². The summed E-state index contributed by atoms with van der Waals surface area (Å²) in [6.07, 6.45) is 2.13. The van der Waals surface area contributed by atoms with Crippen LogP contribution < -0.4 is 0 Å². The third kappa shape index (κ3) is 4.29. The molecule has 0 radical (unpaired) electrons. The summed E-state index contributed by atoms with van der Waals surface area (Å²) in [5.74, 6) is 1.22. The summed E-state index contributed by atoms with van der Waals surface area (Å²) in [6.45, 7) is 8.93. The van der Waals surface area contributed by atoms with Crippen LogP contribution in [0.1, 0.15) is 48.6 Å². The van der Waals surface area contributed by atoms with Crippen LogP contribution in [-0.2, 0) is 12.8 Å². The van der Waals surface area contributed by atoms with Gasteiger partial charge in [-0.3, -0.25) is 0 Å². The Morgan fingerprint density at radius 3 is 1.41 bits per heavy atom. The quantitative estimate of drug-likeness (QED) is 0.198. The highest BCUT2D eigenvalue weighted by Gasteiger charge is 2.27. The number of thiophene rings is 4. The van der Waals surface area contributed by atoms with Crippen LogP contribution in [0.3, 0.4) is 0 Å². The zero-order valence-electron chi connectivity index (χ0n) is 20.7. The van der Waals surface area contributed by atoms with Gasteiger partial charge in [0.1, 0.15) is 23.2 Å². The van der Waals surface area contributed by atoms with Gasteiger partial charge in [-0.15, -0.1) is 45.3 Å². The molecule has 0 aliphatic rings. The molecule has 9 heteroatoms. The van der Waals surface area contributed by atoms with Crippen LogP contribution >= 0.6 is 57.1 Å². The number of hydrogen-bond donors (Lipinski definition) is 0. The molecule has 0 N–H and O–H groups in total. The van der Waals surface area contributed by atoms with Crippen LogP contribution in [0.2, 0.25) is 0 Å². The third-order valence-electron chi connectivity index (χ3n) is 6.16. The molecule has 184 valence electrons. The van der Waals surface area contributed by atoms with Gasteiger partial charge in [0.25, 0.3) is 0 Å². The topological polar surface area (TPSA) is 73.4 Å². The van der Waals surface area contributed by atoms with E-state index in [-0.39, 0.29) is 0 Å². The van der Waals surface area contributed by atoms with Crippen molar-refractivity contribution in [3.05, 3.63) is 45.1 Å². The van der Waals surface area contributed by atoms with Crippen LogP contribution in [0.25, 0.3) is 50.7 Å². The molecule has 0 saturated heterocycles. The van der Waals surface area contributed by atoms with Crippen LogP contribution in [0.4, 0.5) is 0 Å². The molecule has 0 unspecified atom stereocenters. The summed E-state index contributed by atoms with van der Waals surface area (Å²) in [7, 11) is 0. The van der Waals surface area contributed by atoms with Gasteiger partial charge >= 0.3 is 0 Å². The van der Waals surface area contributed by atoms with Gasteiger partial charge in [0.15, 0.2) is 0 Å². The fraction of sp³-hybridized carbons (Fsp3) is 0.286. The predicted octanol–water partition coefficient (Wildman–Crippen LogP) is 9.72. The normalized spacial score (nSPS) is 11.9. The molecule has 1 aromatic carbocycles. The molecular weight excluding hydrogens is 553 g/mol. The van der Waals surface area contributed by atoms with E-state index in [1.165, 1.54) is 28.6 Å². The maximum atomic E-state index is 10.3. The van der Waals surface area contributed by atoms with E-state index in [2.05, 4.69) is 72.8 Å². The highest BCUT2D eigenvalue weighted by atomic mass is 32.1. The van der Waals surface area contributed by atoms with E-state index in [0.717, 1.165) is 45.5 Å². The summed E-state index contributed by atoms with van der Waals surface area (Å²) in [5.41, 5.74) is 3.69. The highest BCUT2D eigenvalue weighted by molar-refractivity contribution is 7.30. The summed E-state index contributed by atoms with van der Waals surface area (Å²) >= 11 is 8.10. The van der Waals surface area contributed by atoms with Crippen molar-refractivity contribution in [1.82, 2.24) is 8.75 Å². The molecule has 4 nitrogen and oxygen atoms in total. The SMILES string of the molecule is CC(C)Cc1cc2sc(-c3c(C#N)c(C#N)c(-c4cc5sc(CC(C)C)cc5s4)c4nsnc34)cc2s1. The molecule has 6 aromatic rings. The minimum Gasteiger partial charge on any atom is -0.192 e. The summed E-state index contributed by atoms with van der Waals surface area (Å²) in [6, 6.07) is 13.6. The first-order valence-corrected chi connectivity index (χ1v) is 16.0. The van der Waals surface area contributed by atoms with Gasteiger partial charge < -0.3 is 0 Å². The first-order chi connectivity index (χ1) is 17.9. The number of aromatic nitrogens is 2. The van der Waals surface area contributed by atoms with E-state index in [0.29, 0.717) is 34.0 Å². The zero-order valence-corrected chi connectivity index (χ0v) is 24.8. The molecule has 0 aliphatic carbocycles. The summed E-state index contributed by atoms with van der Waals surface area (Å²) < 4.78 is 14.2. The number of nitrogens with zero attached hydrogens (tertiary/aromatic N) is 4. The minimum atomic E-state index is 0.395. The Bertz CT molecular complexity index is 1680. The Morgan fingerprint density at radius 1 is 0.649 bits per heavy atom. The number of fused-ring (bicyclic) bond motifs is 3. The average Bonchev–Trinajstić information content (AvgIpc) is 3.62. The Kier molecular flexibility index (Phi) is 6.38. The van der Waals surface area contributed by atoms with Crippen molar-refractivity contribution in [2.24, 2.45) is 11.8 Å². The van der Waals surface area contributed by atoms with Crippen molar-refractivity contribution in [3.63, 3.8) is 0 Å². The molecule has 37 heavy (non-hydrogen) atoms. The maximum Gasteiger partial charge on any atom is 0.115 e. The van der Waals surface area contributed by atoms with E-state index >= 15 is 0 Å². The van der Waals surface area contributed by atoms with Crippen molar-refractivity contribution < 1.29 is 0 Å². The first kappa shape index (κ1) is 24.7. The van der Waals surface area contributed by atoms with E-state index in [1.807, 2.05) is 22.7 Å². The summed E-state index contributed by atoms with van der Waals surface area (Å²) in [5, 5.41) is 20.6. The van der Waals surface area contributed by atoms with Gasteiger partial charge in [-0.1, -0.05) is 27.7 Å². The Hall–Kier alpha value is -2.66. The molecule has 5 heterocycles. The minimum absolute atomic E-state index is 0.395. The molecule has 0 atom stereocenters. The molecule has 0 fully saturated rings. The van der Waals surface area contributed by atoms with Crippen molar-refractivity contribution in [2.45, 2.75) is 40.5 Å². The average molecular weight is 575 g/mol. The van der Waals surface area contributed by atoms with Gasteiger partial charge in [-0.05, 0) is 48.9 Å². The van der Waals surface area contributed by atoms with Gasteiger partial charge in [-0.2, -0.15) is 19.3 Å². The second kappa shape index (κ2) is 9.58. The molecule has 0 amide bonds.